The minimum absolute atomic E-state index is 0.658. The summed E-state index contributed by atoms with van der Waals surface area (Å²) >= 11 is 0. The van der Waals surface area contributed by atoms with Crippen LogP contribution in [-0.4, -0.2) is 4.98 Å². The maximum Gasteiger partial charge on any atom is 0.194 e. The summed E-state index contributed by atoms with van der Waals surface area (Å²) in [4.78, 5) is 7.92. The van der Waals surface area contributed by atoms with Crippen LogP contribution < -0.4 is 0 Å². The Bertz CT molecular complexity index is 2000. The molecule has 0 saturated carbocycles. The van der Waals surface area contributed by atoms with E-state index in [1.165, 1.54) is 0 Å². The van der Waals surface area contributed by atoms with E-state index in [9.17, 15) is 0 Å². The molecule has 0 fully saturated rings. The SMILES string of the molecule is [C-]#[N+]c1ccccc1-c1ccc(-c2cccc3c2oc2c(-c4ccc(-c5cccnc5)cc4)cccc23)cc1. The molecule has 3 heteroatoms. The zero-order chi connectivity index (χ0) is 26.2. The molecular formula is C36H22N2O. The molecule has 0 unspecified atom stereocenters. The van der Waals surface area contributed by atoms with Crippen molar-refractivity contribution in [2.75, 3.05) is 0 Å². The molecule has 0 saturated heterocycles. The summed E-state index contributed by atoms with van der Waals surface area (Å²) in [7, 11) is 0. The fraction of sp³-hybridized carbons (Fsp3) is 0. The topological polar surface area (TPSA) is 30.4 Å². The molecule has 0 aliphatic heterocycles. The number of pyridine rings is 1. The second-order valence-corrected chi connectivity index (χ2v) is 9.49. The molecule has 0 aliphatic carbocycles. The molecular weight excluding hydrogens is 476 g/mol. The molecule has 2 heterocycles. The molecule has 0 amide bonds. The third-order valence-electron chi connectivity index (χ3n) is 7.25. The van der Waals surface area contributed by atoms with Crippen molar-refractivity contribution in [1.82, 2.24) is 4.98 Å². The zero-order valence-electron chi connectivity index (χ0n) is 21.0. The van der Waals surface area contributed by atoms with Gasteiger partial charge >= 0.3 is 0 Å². The fourth-order valence-corrected chi connectivity index (χ4v) is 5.30. The van der Waals surface area contributed by atoms with E-state index in [1.54, 1.807) is 6.20 Å². The Hall–Kier alpha value is -5.46. The summed E-state index contributed by atoms with van der Waals surface area (Å²) in [5, 5.41) is 2.20. The minimum atomic E-state index is 0.658. The Balaban J connectivity index is 1.31. The lowest BCUT2D eigenvalue weighted by Crippen LogP contribution is -1.82. The predicted octanol–water partition coefficient (Wildman–Crippen LogP) is 10.2. The van der Waals surface area contributed by atoms with Crippen LogP contribution in [0, 0.1) is 6.57 Å². The van der Waals surface area contributed by atoms with Crippen LogP contribution >= 0.6 is 0 Å². The standard InChI is InChI=1S/C36H22N2O/c1-37-34-13-3-2-8-29(34)25-18-20-27(21-19-25)31-10-5-12-33-32-11-4-9-30(35(32)39-36(31)33)26-16-14-24(15-17-26)28-7-6-22-38-23-28/h2-23H. The highest BCUT2D eigenvalue weighted by atomic mass is 16.3. The van der Waals surface area contributed by atoms with Crippen LogP contribution in [0.25, 0.3) is 71.3 Å². The number of furan rings is 1. The molecule has 2 aromatic heterocycles. The average Bonchev–Trinajstić information content (AvgIpc) is 3.41. The van der Waals surface area contributed by atoms with Crippen LogP contribution in [0.15, 0.2) is 138 Å². The molecule has 3 nitrogen and oxygen atoms in total. The number of hydrogen-bond donors (Lipinski definition) is 0. The average molecular weight is 499 g/mol. The number of benzene rings is 5. The normalized spacial score (nSPS) is 11.1. The molecule has 5 aromatic carbocycles. The third-order valence-corrected chi connectivity index (χ3v) is 7.25. The summed E-state index contributed by atoms with van der Waals surface area (Å²) in [6, 6.07) is 41.3. The van der Waals surface area contributed by atoms with Crippen molar-refractivity contribution >= 4 is 27.6 Å². The molecule has 182 valence electrons. The molecule has 0 bridgehead atoms. The number of fused-ring (bicyclic) bond motifs is 3. The van der Waals surface area contributed by atoms with E-state index in [0.717, 1.165) is 66.4 Å². The van der Waals surface area contributed by atoms with E-state index >= 15 is 0 Å². The van der Waals surface area contributed by atoms with Gasteiger partial charge in [-0.25, -0.2) is 4.85 Å². The summed E-state index contributed by atoms with van der Waals surface area (Å²) < 4.78 is 6.64. The Morgan fingerprint density at radius 3 is 1.59 bits per heavy atom. The van der Waals surface area contributed by atoms with Crippen LogP contribution in [0.1, 0.15) is 0 Å². The highest BCUT2D eigenvalue weighted by Crippen LogP contribution is 2.40. The molecule has 7 aromatic rings. The van der Waals surface area contributed by atoms with Crippen LogP contribution in [0.5, 0.6) is 0 Å². The van der Waals surface area contributed by atoms with Gasteiger partial charge in [0, 0.05) is 34.3 Å². The van der Waals surface area contributed by atoms with Gasteiger partial charge in [-0.1, -0.05) is 115 Å². The number of rotatable bonds is 4. The van der Waals surface area contributed by atoms with Gasteiger partial charge in [0.25, 0.3) is 0 Å². The lowest BCUT2D eigenvalue weighted by Gasteiger charge is -2.07. The predicted molar refractivity (Wildman–Crippen MR) is 160 cm³/mol. The molecule has 0 N–H and O–H groups in total. The van der Waals surface area contributed by atoms with Gasteiger partial charge in [0.1, 0.15) is 11.2 Å². The van der Waals surface area contributed by atoms with Crippen molar-refractivity contribution in [1.29, 1.82) is 0 Å². The first-order chi connectivity index (χ1) is 19.3. The Morgan fingerprint density at radius 1 is 0.487 bits per heavy atom. The summed E-state index contributed by atoms with van der Waals surface area (Å²) in [6.45, 7) is 7.49. The van der Waals surface area contributed by atoms with Crippen LogP contribution in [-0.2, 0) is 0 Å². The van der Waals surface area contributed by atoms with Gasteiger partial charge in [-0.05, 0) is 39.4 Å². The first-order valence-electron chi connectivity index (χ1n) is 12.8. The number of aromatic nitrogens is 1. The van der Waals surface area contributed by atoms with Gasteiger partial charge in [0.05, 0.1) is 6.57 Å². The van der Waals surface area contributed by atoms with Crippen LogP contribution in [0.2, 0.25) is 0 Å². The van der Waals surface area contributed by atoms with Crippen molar-refractivity contribution in [3.8, 4) is 44.5 Å². The lowest BCUT2D eigenvalue weighted by molar-refractivity contribution is 0.671. The van der Waals surface area contributed by atoms with Crippen molar-refractivity contribution in [3.63, 3.8) is 0 Å². The van der Waals surface area contributed by atoms with E-state index in [-0.39, 0.29) is 0 Å². The van der Waals surface area contributed by atoms with Gasteiger partial charge in [-0.3, -0.25) is 4.98 Å². The van der Waals surface area contributed by atoms with Crippen LogP contribution in [0.3, 0.4) is 0 Å². The highest BCUT2D eigenvalue weighted by Gasteiger charge is 2.16. The van der Waals surface area contributed by atoms with Gasteiger partial charge in [0.2, 0.25) is 0 Å². The van der Waals surface area contributed by atoms with Crippen LogP contribution in [0.4, 0.5) is 5.69 Å². The van der Waals surface area contributed by atoms with E-state index in [2.05, 4.69) is 101 Å². The summed E-state index contributed by atoms with van der Waals surface area (Å²) in [6.07, 6.45) is 3.67. The van der Waals surface area contributed by atoms with Gasteiger partial charge in [-0.15, -0.1) is 0 Å². The maximum absolute atomic E-state index is 7.49. The maximum atomic E-state index is 7.49. The Kier molecular flexibility index (Phi) is 5.50. The van der Waals surface area contributed by atoms with Crippen molar-refractivity contribution in [2.24, 2.45) is 0 Å². The van der Waals surface area contributed by atoms with Gasteiger partial charge < -0.3 is 4.42 Å². The third kappa shape index (κ3) is 3.96. The molecule has 39 heavy (non-hydrogen) atoms. The number of nitrogens with zero attached hydrogens (tertiary/aromatic N) is 2. The monoisotopic (exact) mass is 498 g/mol. The van der Waals surface area contributed by atoms with E-state index in [1.807, 2.05) is 36.5 Å². The fourth-order valence-electron chi connectivity index (χ4n) is 5.30. The second kappa shape index (κ2) is 9.45. The van der Waals surface area contributed by atoms with Crippen molar-refractivity contribution < 1.29 is 4.42 Å². The molecule has 0 atom stereocenters. The summed E-state index contributed by atoms with van der Waals surface area (Å²) in [5.41, 5.74) is 10.9. The first-order valence-corrected chi connectivity index (χ1v) is 12.8. The molecule has 0 radical (unpaired) electrons. The van der Waals surface area contributed by atoms with E-state index < -0.39 is 0 Å². The number of para-hydroxylation sites is 3. The Labute approximate surface area is 226 Å². The largest absolute Gasteiger partial charge is 0.455 e. The van der Waals surface area contributed by atoms with E-state index in [4.69, 9.17) is 11.0 Å². The quantitative estimate of drug-likeness (QED) is 0.226. The zero-order valence-corrected chi connectivity index (χ0v) is 21.0. The van der Waals surface area contributed by atoms with Crippen molar-refractivity contribution in [2.45, 2.75) is 0 Å². The molecule has 7 rings (SSSR count). The number of hydrogen-bond acceptors (Lipinski definition) is 2. The Morgan fingerprint density at radius 2 is 1.03 bits per heavy atom. The van der Waals surface area contributed by atoms with Crippen molar-refractivity contribution in [3.05, 3.63) is 145 Å². The van der Waals surface area contributed by atoms with Gasteiger partial charge in [0.15, 0.2) is 5.69 Å². The van der Waals surface area contributed by atoms with E-state index in [0.29, 0.717) is 5.69 Å². The first kappa shape index (κ1) is 22.7. The smallest absolute Gasteiger partial charge is 0.194 e. The summed E-state index contributed by atoms with van der Waals surface area (Å²) in [5.74, 6) is 0. The molecule has 0 spiro atoms. The lowest BCUT2D eigenvalue weighted by atomic mass is 9.97. The second-order valence-electron chi connectivity index (χ2n) is 9.49. The minimum Gasteiger partial charge on any atom is -0.455 e. The molecule has 0 aliphatic rings. The highest BCUT2D eigenvalue weighted by molar-refractivity contribution is 6.13. The van der Waals surface area contributed by atoms with Gasteiger partial charge in [-0.2, -0.15) is 0 Å².